The zero-order valence-electron chi connectivity index (χ0n) is 16.3. The Labute approximate surface area is 184 Å². The maximum Gasteiger partial charge on any atom is 0.416 e. The number of piperazine rings is 1. The van der Waals surface area contributed by atoms with E-state index in [-0.39, 0.29) is 48.0 Å². The number of nitrogens with zero attached hydrogens (tertiary/aromatic N) is 4. The van der Waals surface area contributed by atoms with Gasteiger partial charge in [0.1, 0.15) is 0 Å². The lowest BCUT2D eigenvalue weighted by Crippen LogP contribution is -2.50. The number of alkyl halides is 3. The Bertz CT molecular complexity index is 826. The molecule has 1 aliphatic rings. The quantitative estimate of drug-likeness (QED) is 0.723. The lowest BCUT2D eigenvalue weighted by Gasteiger charge is -2.35. The van der Waals surface area contributed by atoms with E-state index < -0.39 is 11.7 Å². The van der Waals surface area contributed by atoms with Gasteiger partial charge >= 0.3 is 6.18 Å². The van der Waals surface area contributed by atoms with Gasteiger partial charge in [-0.25, -0.2) is 0 Å². The van der Waals surface area contributed by atoms with E-state index in [1.165, 1.54) is 12.1 Å². The van der Waals surface area contributed by atoms with Crippen molar-refractivity contribution in [3.63, 3.8) is 0 Å². The summed E-state index contributed by atoms with van der Waals surface area (Å²) in [5, 5.41) is 3.79. The molecular formula is C18H24Cl2F3N5O2. The second-order valence-electron chi connectivity index (χ2n) is 6.83. The summed E-state index contributed by atoms with van der Waals surface area (Å²) in [6.07, 6.45) is -4.43. The van der Waals surface area contributed by atoms with Gasteiger partial charge in [-0.3, -0.25) is 9.69 Å². The SMILES string of the molecule is CC(CN)C(=O)N1CCN(Cc2nc(-c3cccc(C(F)(F)F)c3)no2)CC1.Cl.Cl. The maximum atomic E-state index is 12.9. The van der Waals surface area contributed by atoms with Gasteiger partial charge in [0.05, 0.1) is 12.1 Å². The van der Waals surface area contributed by atoms with Crippen LogP contribution in [0, 0.1) is 5.92 Å². The number of benzene rings is 1. The number of halogens is 5. The Balaban J connectivity index is 0.00000225. The first-order valence-corrected chi connectivity index (χ1v) is 8.99. The molecule has 0 bridgehead atoms. The van der Waals surface area contributed by atoms with Crippen molar-refractivity contribution in [1.82, 2.24) is 19.9 Å². The largest absolute Gasteiger partial charge is 0.416 e. The van der Waals surface area contributed by atoms with Crippen LogP contribution in [0.4, 0.5) is 13.2 Å². The van der Waals surface area contributed by atoms with Crippen LogP contribution in [0.25, 0.3) is 11.4 Å². The van der Waals surface area contributed by atoms with E-state index >= 15 is 0 Å². The number of amides is 1. The van der Waals surface area contributed by atoms with Crippen LogP contribution in [-0.4, -0.2) is 58.6 Å². The molecule has 1 aromatic heterocycles. The van der Waals surface area contributed by atoms with Gasteiger partial charge in [0, 0.05) is 44.2 Å². The van der Waals surface area contributed by atoms with Crippen LogP contribution < -0.4 is 5.73 Å². The van der Waals surface area contributed by atoms with Crippen LogP contribution in [0.5, 0.6) is 0 Å². The topological polar surface area (TPSA) is 88.5 Å². The van der Waals surface area contributed by atoms with E-state index in [9.17, 15) is 18.0 Å². The van der Waals surface area contributed by atoms with Gasteiger partial charge in [0.15, 0.2) is 0 Å². The van der Waals surface area contributed by atoms with Crippen molar-refractivity contribution >= 4 is 30.7 Å². The first kappa shape index (κ1) is 26.2. The molecule has 1 aliphatic heterocycles. The second kappa shape index (κ2) is 10.9. The van der Waals surface area contributed by atoms with Crippen LogP contribution in [0.2, 0.25) is 0 Å². The van der Waals surface area contributed by atoms with Crippen molar-refractivity contribution in [2.75, 3.05) is 32.7 Å². The number of nitrogens with two attached hydrogens (primary N) is 1. The first-order chi connectivity index (χ1) is 13.3. The Hall–Kier alpha value is -1.88. The number of carbonyl (C=O) groups excluding carboxylic acids is 1. The maximum absolute atomic E-state index is 12.9. The van der Waals surface area contributed by atoms with Gasteiger partial charge < -0.3 is 15.2 Å². The summed E-state index contributed by atoms with van der Waals surface area (Å²) in [5.74, 6) is 0.290. The fraction of sp³-hybridized carbons (Fsp3) is 0.500. The molecule has 30 heavy (non-hydrogen) atoms. The van der Waals surface area contributed by atoms with Gasteiger partial charge in [-0.05, 0) is 12.1 Å². The van der Waals surface area contributed by atoms with E-state index in [1.54, 1.807) is 4.90 Å². The van der Waals surface area contributed by atoms with Crippen LogP contribution in [0.3, 0.4) is 0 Å². The molecule has 1 amide bonds. The lowest BCUT2D eigenvalue weighted by atomic mass is 10.1. The normalized spacial score (nSPS) is 15.8. The van der Waals surface area contributed by atoms with Gasteiger partial charge in [0.25, 0.3) is 0 Å². The predicted octanol–water partition coefficient (Wildman–Crippen LogP) is 2.84. The highest BCUT2D eigenvalue weighted by Crippen LogP contribution is 2.31. The molecule has 0 saturated carbocycles. The Morgan fingerprint density at radius 3 is 2.50 bits per heavy atom. The first-order valence-electron chi connectivity index (χ1n) is 8.99. The van der Waals surface area contributed by atoms with Crippen molar-refractivity contribution in [2.24, 2.45) is 11.7 Å². The Morgan fingerprint density at radius 2 is 1.90 bits per heavy atom. The summed E-state index contributed by atoms with van der Waals surface area (Å²) in [4.78, 5) is 20.2. The number of carbonyl (C=O) groups is 1. The minimum Gasteiger partial charge on any atom is -0.340 e. The Morgan fingerprint density at radius 1 is 1.23 bits per heavy atom. The number of hydrogen-bond donors (Lipinski definition) is 1. The number of rotatable bonds is 5. The summed E-state index contributed by atoms with van der Waals surface area (Å²) in [7, 11) is 0. The van der Waals surface area contributed by atoms with E-state index in [0.717, 1.165) is 12.1 Å². The fourth-order valence-corrected chi connectivity index (χ4v) is 3.00. The summed E-state index contributed by atoms with van der Waals surface area (Å²) in [6, 6.07) is 4.81. The molecule has 12 heteroatoms. The van der Waals surface area contributed by atoms with Gasteiger partial charge in [-0.15, -0.1) is 24.8 Å². The third-order valence-electron chi connectivity index (χ3n) is 4.73. The van der Waals surface area contributed by atoms with E-state index in [1.807, 2.05) is 6.92 Å². The molecule has 7 nitrogen and oxygen atoms in total. The van der Waals surface area contributed by atoms with Crippen molar-refractivity contribution < 1.29 is 22.5 Å². The molecule has 2 heterocycles. The van der Waals surface area contributed by atoms with Gasteiger partial charge in [-0.1, -0.05) is 24.2 Å². The molecule has 168 valence electrons. The molecule has 3 rings (SSSR count). The van der Waals surface area contributed by atoms with Crippen LogP contribution in [0.1, 0.15) is 18.4 Å². The molecule has 2 aromatic rings. The van der Waals surface area contributed by atoms with E-state index in [0.29, 0.717) is 45.2 Å². The molecule has 2 N–H and O–H groups in total. The molecule has 0 spiro atoms. The van der Waals surface area contributed by atoms with Crippen LogP contribution >= 0.6 is 24.8 Å². The van der Waals surface area contributed by atoms with Gasteiger partial charge in [-0.2, -0.15) is 18.2 Å². The van der Waals surface area contributed by atoms with E-state index in [2.05, 4.69) is 15.0 Å². The zero-order chi connectivity index (χ0) is 20.3. The van der Waals surface area contributed by atoms with Gasteiger partial charge in [0.2, 0.25) is 17.6 Å². The third kappa shape index (κ3) is 6.31. The van der Waals surface area contributed by atoms with Crippen LogP contribution in [-0.2, 0) is 17.5 Å². The zero-order valence-corrected chi connectivity index (χ0v) is 17.9. The fourth-order valence-electron chi connectivity index (χ4n) is 3.00. The average molecular weight is 470 g/mol. The van der Waals surface area contributed by atoms with Crippen molar-refractivity contribution in [2.45, 2.75) is 19.6 Å². The standard InChI is InChI=1S/C18H22F3N5O2.2ClH/c1-12(10-22)17(27)26-7-5-25(6-8-26)11-15-23-16(24-28-15)13-3-2-4-14(9-13)18(19,20)21;;/h2-4,9,12H,5-8,10-11,22H2,1H3;2*1H. The summed E-state index contributed by atoms with van der Waals surface area (Å²) < 4.78 is 43.8. The predicted molar refractivity (Wildman–Crippen MR) is 109 cm³/mol. The monoisotopic (exact) mass is 469 g/mol. The number of hydrogen-bond acceptors (Lipinski definition) is 6. The van der Waals surface area contributed by atoms with Crippen LogP contribution in [0.15, 0.2) is 28.8 Å². The molecular weight excluding hydrogens is 446 g/mol. The molecule has 1 unspecified atom stereocenters. The molecule has 0 aliphatic carbocycles. The molecule has 1 atom stereocenters. The minimum atomic E-state index is -4.43. The number of aromatic nitrogens is 2. The highest BCUT2D eigenvalue weighted by Gasteiger charge is 2.31. The van der Waals surface area contributed by atoms with E-state index in [4.69, 9.17) is 10.3 Å². The second-order valence-corrected chi connectivity index (χ2v) is 6.83. The Kier molecular flexibility index (Phi) is 9.54. The highest BCUT2D eigenvalue weighted by atomic mass is 35.5. The molecule has 1 aromatic carbocycles. The highest BCUT2D eigenvalue weighted by molar-refractivity contribution is 5.85. The summed E-state index contributed by atoms with van der Waals surface area (Å²) >= 11 is 0. The molecule has 1 fully saturated rings. The average Bonchev–Trinajstić information content (AvgIpc) is 3.15. The molecule has 1 saturated heterocycles. The lowest BCUT2D eigenvalue weighted by molar-refractivity contribution is -0.138. The van der Waals surface area contributed by atoms with Crippen molar-refractivity contribution in [1.29, 1.82) is 0 Å². The minimum absolute atomic E-state index is 0. The summed E-state index contributed by atoms with van der Waals surface area (Å²) in [5.41, 5.74) is 5.03. The smallest absolute Gasteiger partial charge is 0.340 e. The summed E-state index contributed by atoms with van der Waals surface area (Å²) in [6.45, 7) is 4.95. The van der Waals surface area contributed by atoms with Crippen molar-refractivity contribution in [3.05, 3.63) is 35.7 Å². The third-order valence-corrected chi connectivity index (χ3v) is 4.73. The van der Waals surface area contributed by atoms with Crippen molar-refractivity contribution in [3.8, 4) is 11.4 Å². The molecule has 0 radical (unpaired) electrons.